The molecule has 31 heavy (non-hydrogen) atoms. The van der Waals surface area contributed by atoms with Crippen LogP contribution in [0.5, 0.6) is 5.75 Å². The number of carboxylic acids is 1. The van der Waals surface area contributed by atoms with Crippen molar-refractivity contribution < 1.29 is 15.0 Å². The summed E-state index contributed by atoms with van der Waals surface area (Å²) >= 11 is 0. The first-order valence-corrected chi connectivity index (χ1v) is 11.6. The van der Waals surface area contributed by atoms with Crippen molar-refractivity contribution in [1.29, 1.82) is 0 Å². The van der Waals surface area contributed by atoms with Crippen LogP contribution in [0.4, 0.5) is 0 Å². The van der Waals surface area contributed by atoms with Gasteiger partial charge in [-0.15, -0.1) is 0 Å². The predicted octanol–water partition coefficient (Wildman–Crippen LogP) is 7.62. The Labute approximate surface area is 184 Å². The Morgan fingerprint density at radius 2 is 1.55 bits per heavy atom. The maximum Gasteiger partial charge on any atom is 0.335 e. The lowest BCUT2D eigenvalue weighted by Gasteiger charge is -2.35. The lowest BCUT2D eigenvalue weighted by molar-refractivity contribution is 0.0697. The molecule has 0 heterocycles. The highest BCUT2D eigenvalue weighted by Gasteiger charge is 2.30. The Balaban J connectivity index is 1.67. The molecule has 3 atom stereocenters. The summed E-state index contributed by atoms with van der Waals surface area (Å²) in [7, 11) is 0. The van der Waals surface area contributed by atoms with E-state index in [0.29, 0.717) is 17.2 Å². The topological polar surface area (TPSA) is 57.5 Å². The molecule has 4 rings (SSSR count). The van der Waals surface area contributed by atoms with Crippen LogP contribution in [0, 0.1) is 11.8 Å². The largest absolute Gasteiger partial charge is 0.508 e. The van der Waals surface area contributed by atoms with E-state index in [-0.39, 0.29) is 0 Å². The van der Waals surface area contributed by atoms with Crippen LogP contribution in [0.2, 0.25) is 0 Å². The summed E-state index contributed by atoms with van der Waals surface area (Å²) in [4.78, 5) is 11.2. The van der Waals surface area contributed by atoms with E-state index in [1.54, 1.807) is 12.1 Å². The Morgan fingerprint density at radius 1 is 0.871 bits per heavy atom. The minimum Gasteiger partial charge on any atom is -0.508 e. The predicted molar refractivity (Wildman–Crippen MR) is 127 cm³/mol. The highest BCUT2D eigenvalue weighted by molar-refractivity contribution is 5.95. The van der Waals surface area contributed by atoms with Crippen molar-refractivity contribution >= 4 is 16.7 Å². The standard InChI is InChI=1S/C28H32O3/c1-3-5-19-12-18(4-2)13-25(14-19)26-17-23(10-11-27(26)29)21-6-7-22-16-24(28(30)31)9-8-20(22)15-21/h6-11,15-19,25,29H,3-5,12-14H2,1-2H3,(H,30,31)/t18-,19?,25?/m0/s1. The molecule has 1 aliphatic carbocycles. The van der Waals surface area contributed by atoms with Crippen molar-refractivity contribution in [2.24, 2.45) is 11.8 Å². The zero-order chi connectivity index (χ0) is 22.0. The SMILES string of the molecule is CCCC1CC(c2cc(-c3ccc4cc(C(=O)O)ccc4c3)ccc2O)C[C@@H](CC)C1. The summed E-state index contributed by atoms with van der Waals surface area (Å²) in [6, 6.07) is 17.4. The van der Waals surface area contributed by atoms with Gasteiger partial charge < -0.3 is 10.2 Å². The Morgan fingerprint density at radius 3 is 2.29 bits per heavy atom. The summed E-state index contributed by atoms with van der Waals surface area (Å²) in [6.45, 7) is 4.55. The Kier molecular flexibility index (Phi) is 6.31. The first-order valence-electron chi connectivity index (χ1n) is 11.6. The van der Waals surface area contributed by atoms with Gasteiger partial charge in [0.15, 0.2) is 0 Å². The number of benzene rings is 3. The van der Waals surface area contributed by atoms with Crippen LogP contribution in [-0.4, -0.2) is 16.2 Å². The fourth-order valence-corrected chi connectivity index (χ4v) is 5.42. The van der Waals surface area contributed by atoms with Gasteiger partial charge in [-0.25, -0.2) is 4.79 Å². The van der Waals surface area contributed by atoms with E-state index < -0.39 is 5.97 Å². The van der Waals surface area contributed by atoms with Gasteiger partial charge in [-0.2, -0.15) is 0 Å². The fourth-order valence-electron chi connectivity index (χ4n) is 5.42. The number of carbonyl (C=O) groups is 1. The monoisotopic (exact) mass is 416 g/mol. The van der Waals surface area contributed by atoms with Gasteiger partial charge in [-0.1, -0.05) is 57.4 Å². The van der Waals surface area contributed by atoms with Gasteiger partial charge in [0.25, 0.3) is 0 Å². The molecule has 0 amide bonds. The first kappa shape index (κ1) is 21.4. The number of aromatic hydroxyl groups is 1. The summed E-state index contributed by atoms with van der Waals surface area (Å²) in [5, 5.41) is 21.9. The van der Waals surface area contributed by atoms with Gasteiger partial charge in [0, 0.05) is 0 Å². The lowest BCUT2D eigenvalue weighted by atomic mass is 9.70. The van der Waals surface area contributed by atoms with Crippen LogP contribution in [0.1, 0.15) is 74.2 Å². The number of phenolic OH excluding ortho intramolecular Hbond substituents is 1. The zero-order valence-corrected chi connectivity index (χ0v) is 18.5. The van der Waals surface area contributed by atoms with Crippen LogP contribution in [0.15, 0.2) is 54.6 Å². The molecule has 0 saturated heterocycles. The molecule has 0 aliphatic heterocycles. The molecule has 2 N–H and O–H groups in total. The molecular weight excluding hydrogens is 384 g/mol. The normalized spacial score (nSPS) is 21.3. The fraction of sp³-hybridized carbons (Fsp3) is 0.393. The Hall–Kier alpha value is -2.81. The average Bonchev–Trinajstić information content (AvgIpc) is 2.78. The van der Waals surface area contributed by atoms with E-state index in [9.17, 15) is 15.0 Å². The number of rotatable bonds is 6. The second-order valence-electron chi connectivity index (χ2n) is 9.19. The maximum atomic E-state index is 11.2. The van der Waals surface area contributed by atoms with E-state index in [1.807, 2.05) is 30.3 Å². The molecule has 0 bridgehead atoms. The van der Waals surface area contributed by atoms with Crippen molar-refractivity contribution in [3.8, 4) is 16.9 Å². The average molecular weight is 417 g/mol. The third-order valence-electron chi connectivity index (χ3n) is 7.06. The molecule has 3 aromatic carbocycles. The van der Waals surface area contributed by atoms with Crippen molar-refractivity contribution in [2.75, 3.05) is 0 Å². The molecule has 162 valence electrons. The van der Waals surface area contributed by atoms with Crippen molar-refractivity contribution in [2.45, 2.75) is 58.3 Å². The van der Waals surface area contributed by atoms with E-state index in [4.69, 9.17) is 0 Å². The number of aromatic carboxylic acids is 1. The van der Waals surface area contributed by atoms with Gasteiger partial charge in [-0.3, -0.25) is 0 Å². The van der Waals surface area contributed by atoms with E-state index in [2.05, 4.69) is 26.0 Å². The zero-order valence-electron chi connectivity index (χ0n) is 18.5. The number of hydrogen-bond donors (Lipinski definition) is 2. The highest BCUT2D eigenvalue weighted by atomic mass is 16.4. The summed E-state index contributed by atoms with van der Waals surface area (Å²) in [6.07, 6.45) is 7.35. The van der Waals surface area contributed by atoms with Crippen molar-refractivity contribution in [1.82, 2.24) is 0 Å². The maximum absolute atomic E-state index is 11.2. The van der Waals surface area contributed by atoms with Crippen LogP contribution >= 0.6 is 0 Å². The molecule has 1 aliphatic rings. The Bertz CT molecular complexity index is 1080. The number of fused-ring (bicyclic) bond motifs is 1. The quantitative estimate of drug-likeness (QED) is 0.434. The molecule has 0 radical (unpaired) electrons. The molecule has 3 aromatic rings. The van der Waals surface area contributed by atoms with Crippen molar-refractivity contribution in [3.63, 3.8) is 0 Å². The van der Waals surface area contributed by atoms with Crippen LogP contribution in [0.3, 0.4) is 0 Å². The van der Waals surface area contributed by atoms with Gasteiger partial charge in [-0.05, 0) is 94.8 Å². The highest BCUT2D eigenvalue weighted by Crippen LogP contribution is 2.45. The molecule has 3 heteroatoms. The summed E-state index contributed by atoms with van der Waals surface area (Å²) in [5.74, 6) is 1.40. The lowest BCUT2D eigenvalue weighted by Crippen LogP contribution is -2.21. The molecule has 0 aromatic heterocycles. The van der Waals surface area contributed by atoms with E-state index in [1.165, 1.54) is 25.7 Å². The molecule has 2 unspecified atom stereocenters. The molecule has 1 saturated carbocycles. The van der Waals surface area contributed by atoms with Crippen molar-refractivity contribution in [3.05, 3.63) is 65.7 Å². The number of carboxylic acid groups (broad SMARTS) is 1. The number of phenols is 1. The number of hydrogen-bond acceptors (Lipinski definition) is 2. The van der Waals surface area contributed by atoms with Gasteiger partial charge in [0.1, 0.15) is 5.75 Å². The first-order chi connectivity index (χ1) is 15.0. The van der Waals surface area contributed by atoms with Crippen LogP contribution < -0.4 is 0 Å². The minimum atomic E-state index is -0.909. The van der Waals surface area contributed by atoms with Gasteiger partial charge in [0.05, 0.1) is 5.56 Å². The summed E-state index contributed by atoms with van der Waals surface area (Å²) < 4.78 is 0. The van der Waals surface area contributed by atoms with E-state index >= 15 is 0 Å². The summed E-state index contributed by atoms with van der Waals surface area (Å²) in [5.41, 5.74) is 3.57. The minimum absolute atomic E-state index is 0.302. The third-order valence-corrected chi connectivity index (χ3v) is 7.06. The van der Waals surface area contributed by atoms with Gasteiger partial charge >= 0.3 is 5.97 Å². The third kappa shape index (κ3) is 4.61. The van der Waals surface area contributed by atoms with Crippen LogP contribution in [-0.2, 0) is 0 Å². The molecule has 1 fully saturated rings. The van der Waals surface area contributed by atoms with Crippen LogP contribution in [0.25, 0.3) is 21.9 Å². The smallest absolute Gasteiger partial charge is 0.335 e. The molecule has 3 nitrogen and oxygen atoms in total. The molecule has 0 spiro atoms. The van der Waals surface area contributed by atoms with Gasteiger partial charge in [0.2, 0.25) is 0 Å². The van der Waals surface area contributed by atoms with E-state index in [0.717, 1.165) is 52.1 Å². The molecular formula is C28H32O3. The second kappa shape index (κ2) is 9.13. The second-order valence-corrected chi connectivity index (χ2v) is 9.19.